The number of likely N-dealkylation sites (tertiary alicyclic amines) is 1. The largest absolute Gasteiger partial charge is 0.384 e. The van der Waals surface area contributed by atoms with Crippen LogP contribution in [-0.4, -0.2) is 29.7 Å². The molecule has 1 aliphatic carbocycles. The second kappa shape index (κ2) is 5.92. The first-order valence-corrected chi connectivity index (χ1v) is 7.77. The van der Waals surface area contributed by atoms with Gasteiger partial charge in [-0.25, -0.2) is 0 Å². The molecule has 19 heavy (non-hydrogen) atoms. The van der Waals surface area contributed by atoms with Crippen molar-refractivity contribution in [2.45, 2.75) is 19.4 Å². The molecule has 100 valence electrons. The first kappa shape index (κ1) is 12.9. The van der Waals surface area contributed by atoms with Crippen LogP contribution in [0.1, 0.15) is 23.3 Å². The Hall–Kier alpha value is -1.08. The standard InChI is InChI=1S/C16H19NOS/c18-7-3-4-13-8-16(19-12-13)11-17-9-14-5-1-2-6-15(14)10-17/h1-2,8,12,14-15,18H,5-7,9-11H2/t14-,15+. The average molecular weight is 273 g/mol. The predicted octanol–water partition coefficient (Wildman–Crippen LogP) is 2.49. The predicted molar refractivity (Wildman–Crippen MR) is 78.9 cm³/mol. The van der Waals surface area contributed by atoms with Crippen LogP contribution in [-0.2, 0) is 6.54 Å². The summed E-state index contributed by atoms with van der Waals surface area (Å²) in [7, 11) is 0. The van der Waals surface area contributed by atoms with Gasteiger partial charge in [-0.15, -0.1) is 11.3 Å². The van der Waals surface area contributed by atoms with E-state index in [2.05, 4.69) is 40.3 Å². The Balaban J connectivity index is 1.59. The van der Waals surface area contributed by atoms with Gasteiger partial charge in [-0.05, 0) is 30.7 Å². The maximum Gasteiger partial charge on any atom is 0.104 e. The van der Waals surface area contributed by atoms with Crippen LogP contribution in [0, 0.1) is 23.7 Å². The lowest BCUT2D eigenvalue weighted by Crippen LogP contribution is -2.19. The Morgan fingerprint density at radius 2 is 2.00 bits per heavy atom. The lowest BCUT2D eigenvalue weighted by Gasteiger charge is -2.18. The van der Waals surface area contributed by atoms with E-state index in [9.17, 15) is 0 Å². The summed E-state index contributed by atoms with van der Waals surface area (Å²) >= 11 is 1.78. The van der Waals surface area contributed by atoms with Gasteiger partial charge in [0.25, 0.3) is 0 Å². The Bertz CT molecular complexity index is 506. The van der Waals surface area contributed by atoms with Crippen molar-refractivity contribution in [3.63, 3.8) is 0 Å². The van der Waals surface area contributed by atoms with Gasteiger partial charge in [0.05, 0.1) is 0 Å². The molecule has 1 aliphatic heterocycles. The molecule has 0 amide bonds. The van der Waals surface area contributed by atoms with E-state index in [0.29, 0.717) is 0 Å². The van der Waals surface area contributed by atoms with E-state index in [1.807, 2.05) is 0 Å². The van der Waals surface area contributed by atoms with Crippen LogP contribution in [0.2, 0.25) is 0 Å². The van der Waals surface area contributed by atoms with Crippen molar-refractivity contribution in [2.75, 3.05) is 19.7 Å². The third-order valence-corrected chi connectivity index (χ3v) is 4.96. The van der Waals surface area contributed by atoms with Gasteiger partial charge in [-0.1, -0.05) is 24.0 Å². The molecule has 1 aromatic heterocycles. The van der Waals surface area contributed by atoms with E-state index >= 15 is 0 Å². The molecule has 1 fully saturated rings. The molecule has 3 heteroatoms. The quantitative estimate of drug-likeness (QED) is 0.661. The molecule has 2 heterocycles. The fraction of sp³-hybridized carbons (Fsp3) is 0.500. The third kappa shape index (κ3) is 3.09. The van der Waals surface area contributed by atoms with Gasteiger partial charge < -0.3 is 5.11 Å². The normalized spacial score (nSPS) is 25.9. The second-order valence-electron chi connectivity index (χ2n) is 5.42. The minimum atomic E-state index is -0.0618. The summed E-state index contributed by atoms with van der Waals surface area (Å²) in [4.78, 5) is 3.96. The zero-order chi connectivity index (χ0) is 13.1. The molecular formula is C16H19NOS. The van der Waals surface area contributed by atoms with E-state index in [1.165, 1.54) is 30.8 Å². The highest BCUT2D eigenvalue weighted by Gasteiger charge is 2.32. The first-order valence-electron chi connectivity index (χ1n) is 6.89. The summed E-state index contributed by atoms with van der Waals surface area (Å²) in [5.74, 6) is 7.42. The third-order valence-electron chi connectivity index (χ3n) is 4.04. The number of hydrogen-bond donors (Lipinski definition) is 1. The van der Waals surface area contributed by atoms with Gasteiger partial charge >= 0.3 is 0 Å². The van der Waals surface area contributed by atoms with Gasteiger partial charge in [0, 0.05) is 35.5 Å². The van der Waals surface area contributed by atoms with Crippen molar-refractivity contribution in [3.05, 3.63) is 34.0 Å². The zero-order valence-electron chi connectivity index (χ0n) is 11.0. The van der Waals surface area contributed by atoms with Gasteiger partial charge in [0.15, 0.2) is 0 Å². The topological polar surface area (TPSA) is 23.5 Å². The van der Waals surface area contributed by atoms with Crippen molar-refractivity contribution in [1.29, 1.82) is 0 Å². The summed E-state index contributed by atoms with van der Waals surface area (Å²) < 4.78 is 0. The van der Waals surface area contributed by atoms with Gasteiger partial charge in [0.1, 0.15) is 6.61 Å². The number of thiophene rings is 1. The Morgan fingerprint density at radius 1 is 1.26 bits per heavy atom. The summed E-state index contributed by atoms with van der Waals surface area (Å²) in [6.45, 7) is 3.47. The molecule has 1 N–H and O–H groups in total. The highest BCUT2D eigenvalue weighted by molar-refractivity contribution is 7.10. The van der Waals surface area contributed by atoms with E-state index in [1.54, 1.807) is 11.3 Å². The molecule has 0 spiro atoms. The highest BCUT2D eigenvalue weighted by Crippen LogP contribution is 2.33. The molecule has 3 rings (SSSR count). The Morgan fingerprint density at radius 3 is 2.68 bits per heavy atom. The van der Waals surface area contributed by atoms with Gasteiger partial charge in [-0.2, -0.15) is 0 Å². The number of aliphatic hydroxyl groups is 1. The zero-order valence-corrected chi connectivity index (χ0v) is 11.8. The van der Waals surface area contributed by atoms with Crippen LogP contribution >= 0.6 is 11.3 Å². The summed E-state index contributed by atoms with van der Waals surface area (Å²) in [5.41, 5.74) is 1.03. The molecule has 0 bridgehead atoms. The monoisotopic (exact) mass is 273 g/mol. The van der Waals surface area contributed by atoms with Crippen LogP contribution in [0.15, 0.2) is 23.6 Å². The van der Waals surface area contributed by atoms with E-state index in [4.69, 9.17) is 5.11 Å². The molecule has 1 aromatic rings. The molecule has 2 nitrogen and oxygen atoms in total. The van der Waals surface area contributed by atoms with E-state index in [-0.39, 0.29) is 6.61 Å². The number of aliphatic hydroxyl groups excluding tert-OH is 1. The lowest BCUT2D eigenvalue weighted by atomic mass is 9.86. The lowest BCUT2D eigenvalue weighted by molar-refractivity contribution is 0.317. The molecule has 0 radical (unpaired) electrons. The Labute approximate surface area is 118 Å². The smallest absolute Gasteiger partial charge is 0.104 e. The SMILES string of the molecule is OCC#Cc1csc(CN2C[C@H]3CC=CC[C@H]3C2)c1. The number of hydrogen-bond acceptors (Lipinski definition) is 3. The molecule has 2 aliphatic rings. The number of allylic oxidation sites excluding steroid dienone is 2. The van der Waals surface area contributed by atoms with Crippen molar-refractivity contribution in [3.8, 4) is 11.8 Å². The van der Waals surface area contributed by atoms with Crippen molar-refractivity contribution in [1.82, 2.24) is 4.90 Å². The fourth-order valence-electron chi connectivity index (χ4n) is 3.13. The van der Waals surface area contributed by atoms with Crippen LogP contribution in [0.25, 0.3) is 0 Å². The van der Waals surface area contributed by atoms with Crippen molar-refractivity contribution >= 4 is 11.3 Å². The van der Waals surface area contributed by atoms with Crippen LogP contribution in [0.3, 0.4) is 0 Å². The van der Waals surface area contributed by atoms with Crippen molar-refractivity contribution in [2.24, 2.45) is 11.8 Å². The minimum absolute atomic E-state index is 0.0618. The maximum absolute atomic E-state index is 8.70. The van der Waals surface area contributed by atoms with Gasteiger partial charge in [0.2, 0.25) is 0 Å². The fourth-order valence-corrected chi connectivity index (χ4v) is 3.99. The molecule has 0 unspecified atom stereocenters. The molecular weight excluding hydrogens is 254 g/mol. The number of nitrogens with zero attached hydrogens (tertiary/aromatic N) is 1. The van der Waals surface area contributed by atoms with Crippen LogP contribution in [0.5, 0.6) is 0 Å². The molecule has 0 saturated carbocycles. The second-order valence-corrected chi connectivity index (χ2v) is 6.41. The maximum atomic E-state index is 8.70. The average Bonchev–Trinajstić information content (AvgIpc) is 3.02. The van der Waals surface area contributed by atoms with Crippen LogP contribution in [0.4, 0.5) is 0 Å². The minimum Gasteiger partial charge on any atom is -0.384 e. The molecule has 2 atom stereocenters. The van der Waals surface area contributed by atoms with Crippen molar-refractivity contribution < 1.29 is 5.11 Å². The molecule has 1 saturated heterocycles. The summed E-state index contributed by atoms with van der Waals surface area (Å²) in [5, 5.41) is 10.8. The van der Waals surface area contributed by atoms with E-state index in [0.717, 1.165) is 23.9 Å². The first-order chi connectivity index (χ1) is 9.35. The summed E-state index contributed by atoms with van der Waals surface area (Å²) in [6, 6.07) is 2.16. The number of fused-ring (bicyclic) bond motifs is 1. The van der Waals surface area contributed by atoms with E-state index < -0.39 is 0 Å². The summed E-state index contributed by atoms with van der Waals surface area (Å²) in [6.07, 6.45) is 7.22. The Kier molecular flexibility index (Phi) is 4.03. The number of rotatable bonds is 2. The highest BCUT2D eigenvalue weighted by atomic mass is 32.1. The van der Waals surface area contributed by atoms with Gasteiger partial charge in [-0.3, -0.25) is 4.90 Å². The van der Waals surface area contributed by atoms with Crippen LogP contribution < -0.4 is 0 Å². The molecule has 0 aromatic carbocycles.